The Kier molecular flexibility index (Phi) is 7.15. The minimum atomic E-state index is 0.203. The summed E-state index contributed by atoms with van der Waals surface area (Å²) in [6.45, 7) is 1.09. The van der Waals surface area contributed by atoms with Crippen LogP contribution < -0.4 is 14.2 Å². The molecule has 5 rings (SSSR count). The predicted octanol–water partition coefficient (Wildman–Crippen LogP) is 5.75. The third kappa shape index (κ3) is 4.92. The summed E-state index contributed by atoms with van der Waals surface area (Å²) in [7, 11) is 4.97. The molecule has 190 valence electrons. The predicted molar refractivity (Wildman–Crippen MR) is 139 cm³/mol. The van der Waals surface area contributed by atoms with Crippen LogP contribution in [0.5, 0.6) is 17.2 Å². The molecule has 2 aliphatic carbocycles. The largest absolute Gasteiger partial charge is 0.493 e. The number of Topliss-reactive ketones (excluding diaryl/α,β-unsaturated/α-hetero) is 1. The van der Waals surface area contributed by atoms with Gasteiger partial charge in [0.1, 0.15) is 18.1 Å². The number of methoxy groups -OCH3 is 3. The van der Waals surface area contributed by atoms with E-state index in [1.54, 1.807) is 21.3 Å². The lowest BCUT2D eigenvalue weighted by atomic mass is 9.74. The molecule has 2 fully saturated rings. The van der Waals surface area contributed by atoms with Crippen molar-refractivity contribution in [2.75, 3.05) is 34.5 Å². The van der Waals surface area contributed by atoms with Crippen molar-refractivity contribution in [2.24, 2.45) is 11.3 Å². The molecule has 2 saturated carbocycles. The van der Waals surface area contributed by atoms with Crippen LogP contribution in [0.1, 0.15) is 49.1 Å². The Hall–Kier alpha value is -3.12. The molecule has 0 saturated heterocycles. The topological polar surface area (TPSA) is 66.9 Å². The highest BCUT2D eigenvalue weighted by molar-refractivity contribution is 5.87. The fourth-order valence-corrected chi connectivity index (χ4v) is 5.98. The van der Waals surface area contributed by atoms with Crippen LogP contribution in [0.4, 0.5) is 0 Å². The Morgan fingerprint density at radius 1 is 0.972 bits per heavy atom. The molecule has 1 unspecified atom stereocenters. The number of ketones is 1. The standard InChI is InChI=1S/C30H35NO5/c1-33-14-15-36-22-6-4-20(5-7-22)16-27(32)25-19-30(25)11-8-21(9-12-30)23-10-13-31-26-18-29(35-3)28(34-2)17-24(23)26/h4-7,10,13,17-18,21,25H,8-9,11-12,14-16,19H2,1-3H3. The third-order valence-electron chi connectivity index (χ3n) is 8.14. The maximum Gasteiger partial charge on any atom is 0.162 e. The van der Waals surface area contributed by atoms with Crippen LogP contribution in [-0.4, -0.2) is 45.3 Å². The van der Waals surface area contributed by atoms with Gasteiger partial charge in [0.2, 0.25) is 0 Å². The van der Waals surface area contributed by atoms with E-state index in [1.807, 2.05) is 36.5 Å². The molecule has 1 atom stereocenters. The van der Waals surface area contributed by atoms with Gasteiger partial charge in [-0.2, -0.15) is 0 Å². The van der Waals surface area contributed by atoms with Crippen molar-refractivity contribution in [1.82, 2.24) is 4.98 Å². The molecule has 1 heterocycles. The lowest BCUT2D eigenvalue weighted by molar-refractivity contribution is -0.120. The highest BCUT2D eigenvalue weighted by Gasteiger charge is 2.57. The fraction of sp³-hybridized carbons (Fsp3) is 0.467. The number of hydrogen-bond acceptors (Lipinski definition) is 6. The molecule has 6 nitrogen and oxygen atoms in total. The van der Waals surface area contributed by atoms with Crippen LogP contribution in [0, 0.1) is 11.3 Å². The van der Waals surface area contributed by atoms with E-state index in [0.717, 1.165) is 60.1 Å². The summed E-state index contributed by atoms with van der Waals surface area (Å²) in [6, 6.07) is 14.0. The average molecular weight is 490 g/mol. The van der Waals surface area contributed by atoms with E-state index in [2.05, 4.69) is 17.1 Å². The van der Waals surface area contributed by atoms with Crippen LogP contribution in [0.3, 0.4) is 0 Å². The molecule has 3 aromatic rings. The maximum absolute atomic E-state index is 13.1. The highest BCUT2D eigenvalue weighted by atomic mass is 16.5. The summed E-state index contributed by atoms with van der Waals surface area (Å²) in [5.74, 6) is 3.30. The second kappa shape index (κ2) is 10.5. The molecule has 36 heavy (non-hydrogen) atoms. The molecule has 6 heteroatoms. The van der Waals surface area contributed by atoms with Crippen molar-refractivity contribution in [3.05, 3.63) is 59.8 Å². The lowest BCUT2D eigenvalue weighted by Crippen LogP contribution is -2.20. The zero-order valence-electron chi connectivity index (χ0n) is 21.4. The number of benzene rings is 2. The minimum Gasteiger partial charge on any atom is -0.493 e. The summed E-state index contributed by atoms with van der Waals surface area (Å²) >= 11 is 0. The van der Waals surface area contributed by atoms with Crippen molar-refractivity contribution in [3.8, 4) is 17.2 Å². The first-order valence-electron chi connectivity index (χ1n) is 12.8. The Morgan fingerprint density at radius 2 is 1.69 bits per heavy atom. The van der Waals surface area contributed by atoms with E-state index >= 15 is 0 Å². The summed E-state index contributed by atoms with van der Waals surface area (Å²) in [5, 5.41) is 1.13. The summed E-state index contributed by atoms with van der Waals surface area (Å²) in [5.41, 5.74) is 3.52. The summed E-state index contributed by atoms with van der Waals surface area (Å²) in [6.07, 6.45) is 7.86. The molecule has 0 radical (unpaired) electrons. The van der Waals surface area contributed by atoms with Gasteiger partial charge in [-0.05, 0) is 78.8 Å². The zero-order chi connectivity index (χ0) is 25.1. The number of ether oxygens (including phenoxy) is 4. The molecular weight excluding hydrogens is 454 g/mol. The number of rotatable bonds is 10. The molecule has 2 aromatic carbocycles. The number of hydrogen-bond donors (Lipinski definition) is 0. The Labute approximate surface area is 212 Å². The number of carbonyl (C=O) groups is 1. The monoisotopic (exact) mass is 489 g/mol. The highest BCUT2D eigenvalue weighted by Crippen LogP contribution is 2.63. The van der Waals surface area contributed by atoms with Crippen molar-refractivity contribution in [2.45, 2.75) is 44.4 Å². The fourth-order valence-electron chi connectivity index (χ4n) is 5.98. The minimum absolute atomic E-state index is 0.203. The van der Waals surface area contributed by atoms with E-state index in [4.69, 9.17) is 18.9 Å². The summed E-state index contributed by atoms with van der Waals surface area (Å²) < 4.78 is 21.6. The van der Waals surface area contributed by atoms with Gasteiger partial charge in [-0.3, -0.25) is 9.78 Å². The van der Waals surface area contributed by atoms with Gasteiger partial charge in [0, 0.05) is 37.1 Å². The van der Waals surface area contributed by atoms with Gasteiger partial charge >= 0.3 is 0 Å². The second-order valence-corrected chi connectivity index (χ2v) is 10.1. The van der Waals surface area contributed by atoms with E-state index in [9.17, 15) is 4.79 Å². The lowest BCUT2D eigenvalue weighted by Gasteiger charge is -2.30. The van der Waals surface area contributed by atoms with Gasteiger partial charge in [0.05, 0.1) is 26.3 Å². The molecule has 1 aromatic heterocycles. The number of aromatic nitrogens is 1. The van der Waals surface area contributed by atoms with Gasteiger partial charge < -0.3 is 18.9 Å². The Bertz CT molecular complexity index is 1210. The van der Waals surface area contributed by atoms with Crippen LogP contribution >= 0.6 is 0 Å². The van der Waals surface area contributed by atoms with Crippen LogP contribution in [0.15, 0.2) is 48.7 Å². The van der Waals surface area contributed by atoms with Crippen molar-refractivity contribution in [1.29, 1.82) is 0 Å². The number of nitrogens with zero attached hydrogens (tertiary/aromatic N) is 1. The van der Waals surface area contributed by atoms with Gasteiger partial charge in [-0.1, -0.05) is 12.1 Å². The zero-order valence-corrected chi connectivity index (χ0v) is 21.4. The van der Waals surface area contributed by atoms with Crippen molar-refractivity contribution in [3.63, 3.8) is 0 Å². The van der Waals surface area contributed by atoms with Gasteiger partial charge in [-0.15, -0.1) is 0 Å². The van der Waals surface area contributed by atoms with E-state index in [0.29, 0.717) is 37.1 Å². The average Bonchev–Trinajstić information content (AvgIpc) is 3.62. The number of fused-ring (bicyclic) bond motifs is 1. The maximum atomic E-state index is 13.1. The first kappa shape index (κ1) is 24.6. The van der Waals surface area contributed by atoms with Crippen molar-refractivity contribution >= 4 is 16.7 Å². The first-order valence-corrected chi connectivity index (χ1v) is 12.8. The van der Waals surface area contributed by atoms with E-state index < -0.39 is 0 Å². The first-order chi connectivity index (χ1) is 17.6. The van der Waals surface area contributed by atoms with Crippen LogP contribution in [0.25, 0.3) is 10.9 Å². The van der Waals surface area contributed by atoms with Gasteiger partial charge in [0.15, 0.2) is 11.5 Å². The molecule has 0 bridgehead atoms. The molecule has 0 N–H and O–H groups in total. The Morgan fingerprint density at radius 3 is 2.39 bits per heavy atom. The molecule has 0 amide bonds. The second-order valence-electron chi connectivity index (χ2n) is 10.1. The summed E-state index contributed by atoms with van der Waals surface area (Å²) in [4.78, 5) is 17.7. The van der Waals surface area contributed by atoms with Gasteiger partial charge in [-0.25, -0.2) is 0 Å². The van der Waals surface area contributed by atoms with Crippen molar-refractivity contribution < 1.29 is 23.7 Å². The molecular formula is C30H35NO5. The van der Waals surface area contributed by atoms with Crippen LogP contribution in [0.2, 0.25) is 0 Å². The Balaban J connectivity index is 1.20. The SMILES string of the molecule is COCCOc1ccc(CC(=O)C2CC23CCC(c2ccnc4cc(OC)c(OC)cc24)CC3)cc1. The molecule has 1 spiro atoms. The van der Waals surface area contributed by atoms with Gasteiger partial charge in [0.25, 0.3) is 0 Å². The third-order valence-corrected chi connectivity index (χ3v) is 8.14. The van der Waals surface area contributed by atoms with E-state index in [1.165, 1.54) is 5.56 Å². The van der Waals surface area contributed by atoms with E-state index in [-0.39, 0.29) is 11.3 Å². The normalized spacial score (nSPS) is 23.0. The molecule has 0 aliphatic heterocycles. The number of carbonyl (C=O) groups excluding carboxylic acids is 1. The smallest absolute Gasteiger partial charge is 0.162 e. The van der Waals surface area contributed by atoms with Crippen LogP contribution in [-0.2, 0) is 16.0 Å². The quantitative estimate of drug-likeness (QED) is 0.338. The number of pyridine rings is 1. The molecule has 2 aliphatic rings.